The lowest BCUT2D eigenvalue weighted by Crippen LogP contribution is -2.29. The van der Waals surface area contributed by atoms with E-state index in [-0.39, 0.29) is 0 Å². The SMILES string of the molecule is CCO[N+](CC)CC. The van der Waals surface area contributed by atoms with Crippen molar-refractivity contribution >= 4 is 0 Å². The third kappa shape index (κ3) is 2.99. The molecule has 0 aromatic carbocycles. The van der Waals surface area contributed by atoms with Gasteiger partial charge < -0.3 is 0 Å². The standard InChI is InChI=1S/C6H15NO/c1-4-7(5-2)8-6-3/h4-6H2,1-3H3/q+1. The van der Waals surface area contributed by atoms with E-state index in [9.17, 15) is 0 Å². The molecule has 0 N–H and O–H groups in total. The van der Waals surface area contributed by atoms with Crippen LogP contribution in [0.25, 0.3) is 0 Å². The molecule has 0 atom stereocenters. The third-order valence-corrected chi connectivity index (χ3v) is 1.02. The van der Waals surface area contributed by atoms with E-state index in [0.717, 1.165) is 19.7 Å². The molecule has 0 rings (SSSR count). The van der Waals surface area contributed by atoms with Crippen molar-refractivity contribution < 1.29 is 4.84 Å². The van der Waals surface area contributed by atoms with Gasteiger partial charge >= 0.3 is 0 Å². The van der Waals surface area contributed by atoms with Crippen LogP contribution in [-0.4, -0.2) is 19.7 Å². The lowest BCUT2D eigenvalue weighted by Gasteiger charge is -2.01. The van der Waals surface area contributed by atoms with Crippen LogP contribution in [0.5, 0.6) is 0 Å². The maximum atomic E-state index is 5.17. The molecule has 0 aliphatic carbocycles. The fourth-order valence-electron chi connectivity index (χ4n) is 0.589. The Bertz CT molecular complexity index is 43.8. The van der Waals surface area contributed by atoms with Crippen molar-refractivity contribution in [3.05, 3.63) is 0 Å². The van der Waals surface area contributed by atoms with Gasteiger partial charge in [0.1, 0.15) is 6.61 Å². The van der Waals surface area contributed by atoms with E-state index in [1.54, 1.807) is 0 Å². The molecule has 0 bridgehead atoms. The van der Waals surface area contributed by atoms with E-state index < -0.39 is 0 Å². The molecule has 8 heavy (non-hydrogen) atoms. The number of hydroxylamine groups is 2. The van der Waals surface area contributed by atoms with Crippen LogP contribution in [0.1, 0.15) is 20.8 Å². The Hall–Kier alpha value is -0.0800. The predicted octanol–water partition coefficient (Wildman–Crippen LogP) is 1.12. The van der Waals surface area contributed by atoms with Crippen LogP contribution in [0.15, 0.2) is 0 Å². The van der Waals surface area contributed by atoms with Gasteiger partial charge in [-0.25, -0.2) is 0 Å². The van der Waals surface area contributed by atoms with Gasteiger partial charge in [-0.3, -0.25) is 0 Å². The average molecular weight is 117 g/mol. The van der Waals surface area contributed by atoms with Crippen LogP contribution in [0.3, 0.4) is 0 Å². The van der Waals surface area contributed by atoms with E-state index in [1.807, 2.05) is 12.0 Å². The molecule has 0 aromatic heterocycles. The van der Waals surface area contributed by atoms with Crippen molar-refractivity contribution in [2.75, 3.05) is 19.7 Å². The molecular formula is C6H15NO+. The summed E-state index contributed by atoms with van der Waals surface area (Å²) in [4.78, 5) is 5.17. The monoisotopic (exact) mass is 117 g/mol. The quantitative estimate of drug-likeness (QED) is 0.398. The highest BCUT2D eigenvalue weighted by Crippen LogP contribution is 1.81. The van der Waals surface area contributed by atoms with E-state index >= 15 is 0 Å². The van der Waals surface area contributed by atoms with Gasteiger partial charge in [0.05, 0.1) is 0 Å². The van der Waals surface area contributed by atoms with Crippen molar-refractivity contribution in [3.63, 3.8) is 0 Å². The minimum Gasteiger partial charge on any atom is -0.149 e. The summed E-state index contributed by atoms with van der Waals surface area (Å²) in [5.41, 5.74) is 0. The minimum absolute atomic E-state index is 0.779. The number of hydrogen-bond acceptors (Lipinski definition) is 2. The van der Waals surface area contributed by atoms with Crippen molar-refractivity contribution in [2.45, 2.75) is 20.8 Å². The van der Waals surface area contributed by atoms with Gasteiger partial charge in [-0.1, -0.05) is 0 Å². The van der Waals surface area contributed by atoms with Crippen LogP contribution < -0.4 is 5.06 Å². The largest absolute Gasteiger partial charge is 0.157 e. The summed E-state index contributed by atoms with van der Waals surface area (Å²) < 4.78 is 0. The first-order chi connectivity index (χ1) is 3.85. The highest BCUT2D eigenvalue weighted by atomic mass is 16.7. The minimum atomic E-state index is 0.779. The Balaban J connectivity index is 3.07. The maximum Gasteiger partial charge on any atom is 0.157 e. The van der Waals surface area contributed by atoms with Gasteiger partial charge in [0.25, 0.3) is 0 Å². The Kier molecular flexibility index (Phi) is 5.01. The summed E-state index contributed by atoms with van der Waals surface area (Å²) in [6.07, 6.45) is 0. The van der Waals surface area contributed by atoms with Crippen molar-refractivity contribution in [2.24, 2.45) is 0 Å². The zero-order valence-electron chi connectivity index (χ0n) is 5.98. The third-order valence-electron chi connectivity index (χ3n) is 1.02. The number of rotatable bonds is 4. The Morgan fingerprint density at radius 2 is 1.62 bits per heavy atom. The normalized spacial score (nSPS) is 10.5. The van der Waals surface area contributed by atoms with Gasteiger partial charge in [-0.15, -0.1) is 4.84 Å². The molecule has 2 heteroatoms. The first-order valence-corrected chi connectivity index (χ1v) is 3.23. The summed E-state index contributed by atoms with van der Waals surface area (Å²) in [6, 6.07) is 0. The molecule has 0 unspecified atom stereocenters. The first-order valence-electron chi connectivity index (χ1n) is 3.23. The van der Waals surface area contributed by atoms with Crippen LogP contribution >= 0.6 is 0 Å². The number of hydrogen-bond donors (Lipinski definition) is 0. The predicted molar refractivity (Wildman–Crippen MR) is 34.8 cm³/mol. The second-order valence-electron chi connectivity index (χ2n) is 1.53. The smallest absolute Gasteiger partial charge is 0.149 e. The molecule has 2 nitrogen and oxygen atoms in total. The molecule has 0 saturated carbocycles. The van der Waals surface area contributed by atoms with Crippen LogP contribution in [-0.2, 0) is 4.84 Å². The van der Waals surface area contributed by atoms with Gasteiger partial charge in [-0.05, 0) is 25.8 Å². The zero-order valence-corrected chi connectivity index (χ0v) is 5.98. The van der Waals surface area contributed by atoms with Gasteiger partial charge in [-0.2, -0.15) is 0 Å². The second kappa shape index (κ2) is 5.06. The highest BCUT2D eigenvalue weighted by Gasteiger charge is 2.06. The van der Waals surface area contributed by atoms with Crippen molar-refractivity contribution in [1.82, 2.24) is 5.06 Å². The molecule has 49 valence electrons. The molecule has 0 saturated heterocycles. The van der Waals surface area contributed by atoms with E-state index in [0.29, 0.717) is 0 Å². The molecule has 0 aliphatic rings. The summed E-state index contributed by atoms with van der Waals surface area (Å²) in [6.45, 7) is 8.90. The lowest BCUT2D eigenvalue weighted by molar-refractivity contribution is -0.0584. The van der Waals surface area contributed by atoms with E-state index in [4.69, 9.17) is 4.84 Å². The average Bonchev–Trinajstić information content (AvgIpc) is 1.83. The first kappa shape index (κ1) is 7.92. The molecule has 0 fully saturated rings. The molecule has 0 heterocycles. The van der Waals surface area contributed by atoms with Crippen molar-refractivity contribution in [1.29, 1.82) is 0 Å². The maximum absolute atomic E-state index is 5.17. The second-order valence-corrected chi connectivity index (χ2v) is 1.53. The Morgan fingerprint density at radius 1 is 1.12 bits per heavy atom. The lowest BCUT2D eigenvalue weighted by atomic mass is 10.6. The molecule has 0 aliphatic heterocycles. The molecule has 0 aromatic rings. The van der Waals surface area contributed by atoms with E-state index in [1.165, 1.54) is 0 Å². The number of nitrogens with zero attached hydrogens (tertiary/aromatic N) is 1. The van der Waals surface area contributed by atoms with Crippen LogP contribution in [0.2, 0.25) is 0 Å². The molecular weight excluding hydrogens is 102 g/mol. The molecule has 0 spiro atoms. The van der Waals surface area contributed by atoms with Gasteiger partial charge in [0, 0.05) is 0 Å². The van der Waals surface area contributed by atoms with E-state index in [2.05, 4.69) is 13.8 Å². The van der Waals surface area contributed by atoms with Crippen molar-refractivity contribution in [3.8, 4) is 0 Å². The zero-order chi connectivity index (χ0) is 6.41. The summed E-state index contributed by atoms with van der Waals surface area (Å²) in [7, 11) is 0. The fraction of sp³-hybridized carbons (Fsp3) is 1.00. The highest BCUT2D eigenvalue weighted by molar-refractivity contribution is 4.38. The summed E-state index contributed by atoms with van der Waals surface area (Å²) in [5.74, 6) is 0. The topological polar surface area (TPSA) is 15.1 Å². The van der Waals surface area contributed by atoms with Gasteiger partial charge in [0.2, 0.25) is 0 Å². The van der Waals surface area contributed by atoms with Crippen LogP contribution in [0.4, 0.5) is 0 Å². The summed E-state index contributed by atoms with van der Waals surface area (Å²) >= 11 is 0. The molecule has 1 radical (unpaired) electrons. The van der Waals surface area contributed by atoms with Crippen LogP contribution in [0, 0.1) is 0 Å². The summed E-state index contributed by atoms with van der Waals surface area (Å²) in [5, 5.41) is 1.93. The fourth-order valence-corrected chi connectivity index (χ4v) is 0.589. The Morgan fingerprint density at radius 3 is 1.75 bits per heavy atom. The van der Waals surface area contributed by atoms with Gasteiger partial charge in [0.15, 0.2) is 13.1 Å². The Labute approximate surface area is 51.4 Å². The molecule has 0 amide bonds.